The fourth-order valence-electron chi connectivity index (χ4n) is 2.91. The summed E-state index contributed by atoms with van der Waals surface area (Å²) in [5.74, 6) is -0.237. The van der Waals surface area contributed by atoms with Crippen LogP contribution in [0.3, 0.4) is 0 Å². The Bertz CT molecular complexity index is 771. The molecule has 9 nitrogen and oxygen atoms in total. The number of carbonyl (C=O) groups excluding carboxylic acids is 2. The lowest BCUT2D eigenvalue weighted by Crippen LogP contribution is -2.50. The van der Waals surface area contributed by atoms with Gasteiger partial charge in [-0.15, -0.1) is 5.10 Å². The number of aliphatic hydroxyl groups excluding tert-OH is 1. The number of hydrogen-bond acceptors (Lipinski definition) is 6. The molecular formula is C18H23N5O4. The van der Waals surface area contributed by atoms with Crippen molar-refractivity contribution in [2.75, 3.05) is 32.8 Å². The molecule has 1 aliphatic heterocycles. The van der Waals surface area contributed by atoms with Gasteiger partial charge in [-0.2, -0.15) is 0 Å². The summed E-state index contributed by atoms with van der Waals surface area (Å²) in [5.41, 5.74) is 0.996. The fourth-order valence-corrected chi connectivity index (χ4v) is 2.91. The van der Waals surface area contributed by atoms with Gasteiger partial charge in [-0.1, -0.05) is 35.5 Å². The summed E-state index contributed by atoms with van der Waals surface area (Å²) in [6.45, 7) is 3.97. The van der Waals surface area contributed by atoms with Gasteiger partial charge in [0.15, 0.2) is 5.69 Å². The molecule has 2 heterocycles. The Labute approximate surface area is 157 Å². The number of piperazine rings is 1. The van der Waals surface area contributed by atoms with E-state index in [4.69, 9.17) is 4.74 Å². The molecule has 1 unspecified atom stereocenters. The van der Waals surface area contributed by atoms with E-state index in [1.54, 1.807) is 16.7 Å². The molecule has 27 heavy (non-hydrogen) atoms. The average Bonchev–Trinajstić information content (AvgIpc) is 3.17. The summed E-state index contributed by atoms with van der Waals surface area (Å²) in [6, 6.07) is 9.24. The van der Waals surface area contributed by atoms with Crippen LogP contribution in [0.5, 0.6) is 0 Å². The second-order valence-electron chi connectivity index (χ2n) is 6.23. The molecule has 144 valence electrons. The lowest BCUT2D eigenvalue weighted by molar-refractivity contribution is 0.0566. The van der Waals surface area contributed by atoms with Crippen molar-refractivity contribution in [1.29, 1.82) is 0 Å². The Balaban J connectivity index is 1.55. The highest BCUT2D eigenvalue weighted by atomic mass is 16.6. The average molecular weight is 373 g/mol. The zero-order chi connectivity index (χ0) is 19.2. The molecule has 9 heteroatoms. The molecule has 0 aliphatic carbocycles. The van der Waals surface area contributed by atoms with Crippen LogP contribution >= 0.6 is 0 Å². The number of benzene rings is 1. The second-order valence-corrected chi connectivity index (χ2v) is 6.23. The highest BCUT2D eigenvalue weighted by Crippen LogP contribution is 2.14. The van der Waals surface area contributed by atoms with Gasteiger partial charge in [-0.05, 0) is 12.5 Å². The SMILES string of the molecule is CCOC(=O)N1CCN(C(=O)c2cn(CC(O)c3ccccc3)nn2)CC1. The minimum atomic E-state index is -0.732. The third kappa shape index (κ3) is 4.62. The van der Waals surface area contributed by atoms with Crippen LogP contribution in [0.15, 0.2) is 36.5 Å². The molecule has 1 aromatic heterocycles. The van der Waals surface area contributed by atoms with Crippen LogP contribution in [-0.2, 0) is 11.3 Å². The number of rotatable bonds is 5. The lowest BCUT2D eigenvalue weighted by Gasteiger charge is -2.33. The van der Waals surface area contributed by atoms with Crippen LogP contribution in [0.1, 0.15) is 29.1 Å². The molecule has 0 bridgehead atoms. The highest BCUT2D eigenvalue weighted by molar-refractivity contribution is 5.92. The summed E-state index contributed by atoms with van der Waals surface area (Å²) in [7, 11) is 0. The van der Waals surface area contributed by atoms with Crippen LogP contribution in [-0.4, -0.2) is 74.7 Å². The third-order valence-corrected chi connectivity index (χ3v) is 4.40. The first-order valence-electron chi connectivity index (χ1n) is 8.92. The third-order valence-electron chi connectivity index (χ3n) is 4.40. The summed E-state index contributed by atoms with van der Waals surface area (Å²) >= 11 is 0. The predicted octanol–water partition coefficient (Wildman–Crippen LogP) is 0.926. The Kier molecular flexibility index (Phi) is 6.02. The molecule has 1 aliphatic rings. The van der Waals surface area contributed by atoms with Gasteiger partial charge in [0.25, 0.3) is 5.91 Å². The van der Waals surface area contributed by atoms with Crippen LogP contribution < -0.4 is 0 Å². The normalized spacial score (nSPS) is 15.5. The topological polar surface area (TPSA) is 101 Å². The van der Waals surface area contributed by atoms with Gasteiger partial charge in [0.1, 0.15) is 0 Å². The van der Waals surface area contributed by atoms with Crippen molar-refractivity contribution < 1.29 is 19.4 Å². The van der Waals surface area contributed by atoms with Gasteiger partial charge in [0, 0.05) is 26.2 Å². The quantitative estimate of drug-likeness (QED) is 0.837. The minimum Gasteiger partial charge on any atom is -0.450 e. The zero-order valence-corrected chi connectivity index (χ0v) is 15.2. The van der Waals surface area contributed by atoms with E-state index in [0.29, 0.717) is 32.8 Å². The van der Waals surface area contributed by atoms with Gasteiger partial charge in [0.2, 0.25) is 0 Å². The molecule has 1 fully saturated rings. The monoisotopic (exact) mass is 373 g/mol. The van der Waals surface area contributed by atoms with Crippen LogP contribution in [0, 0.1) is 0 Å². The molecule has 0 radical (unpaired) electrons. The first kappa shape index (κ1) is 18.8. The molecule has 0 spiro atoms. The Morgan fingerprint density at radius 1 is 1.15 bits per heavy atom. The molecule has 1 aromatic carbocycles. The lowest BCUT2D eigenvalue weighted by atomic mass is 10.1. The van der Waals surface area contributed by atoms with E-state index in [0.717, 1.165) is 5.56 Å². The predicted molar refractivity (Wildman–Crippen MR) is 95.9 cm³/mol. The molecular weight excluding hydrogens is 350 g/mol. The minimum absolute atomic E-state index is 0.209. The van der Waals surface area contributed by atoms with E-state index in [9.17, 15) is 14.7 Å². The van der Waals surface area contributed by atoms with Gasteiger partial charge >= 0.3 is 6.09 Å². The van der Waals surface area contributed by atoms with Gasteiger partial charge in [0.05, 0.1) is 25.5 Å². The highest BCUT2D eigenvalue weighted by Gasteiger charge is 2.27. The smallest absolute Gasteiger partial charge is 0.409 e. The molecule has 3 rings (SSSR count). The number of nitrogens with zero attached hydrogens (tertiary/aromatic N) is 5. The summed E-state index contributed by atoms with van der Waals surface area (Å²) in [4.78, 5) is 27.5. The first-order chi connectivity index (χ1) is 13.1. The van der Waals surface area contributed by atoms with E-state index < -0.39 is 6.10 Å². The first-order valence-corrected chi connectivity index (χ1v) is 8.92. The maximum absolute atomic E-state index is 12.6. The zero-order valence-electron chi connectivity index (χ0n) is 15.2. The fraction of sp³-hybridized carbons (Fsp3) is 0.444. The summed E-state index contributed by atoms with van der Waals surface area (Å²) < 4.78 is 6.43. The van der Waals surface area contributed by atoms with Crippen molar-refractivity contribution in [2.45, 2.75) is 19.6 Å². The number of amides is 2. The largest absolute Gasteiger partial charge is 0.450 e. The van der Waals surface area contributed by atoms with E-state index >= 15 is 0 Å². The van der Waals surface area contributed by atoms with Crippen molar-refractivity contribution >= 4 is 12.0 Å². The Morgan fingerprint density at radius 2 is 1.81 bits per heavy atom. The van der Waals surface area contributed by atoms with Crippen LogP contribution in [0.4, 0.5) is 4.79 Å². The maximum atomic E-state index is 12.6. The van der Waals surface area contributed by atoms with E-state index in [1.165, 1.54) is 10.9 Å². The van der Waals surface area contributed by atoms with Gasteiger partial charge in [-0.3, -0.25) is 4.79 Å². The molecule has 2 aromatic rings. The maximum Gasteiger partial charge on any atom is 0.409 e. The number of carbonyl (C=O) groups is 2. The van der Waals surface area contributed by atoms with Crippen molar-refractivity contribution in [1.82, 2.24) is 24.8 Å². The summed E-state index contributed by atoms with van der Waals surface area (Å²) in [6.07, 6.45) is 0.445. The van der Waals surface area contributed by atoms with Crippen LogP contribution in [0.2, 0.25) is 0 Å². The van der Waals surface area contributed by atoms with Crippen LogP contribution in [0.25, 0.3) is 0 Å². The van der Waals surface area contributed by atoms with Crippen molar-refractivity contribution in [3.05, 3.63) is 47.8 Å². The number of ether oxygens (including phenoxy) is 1. The Morgan fingerprint density at radius 3 is 2.48 bits per heavy atom. The molecule has 0 saturated carbocycles. The standard InChI is InChI=1S/C18H23N5O4/c1-2-27-18(26)22-10-8-21(9-11-22)17(25)15-12-23(20-19-15)13-16(24)14-6-4-3-5-7-14/h3-7,12,16,24H,2,8-11,13H2,1H3. The van der Waals surface area contributed by atoms with E-state index in [-0.39, 0.29) is 24.2 Å². The van der Waals surface area contributed by atoms with Gasteiger partial charge < -0.3 is 19.6 Å². The Hall–Kier alpha value is -2.94. The number of aliphatic hydroxyl groups is 1. The second kappa shape index (κ2) is 8.63. The van der Waals surface area contributed by atoms with E-state index in [2.05, 4.69) is 10.3 Å². The van der Waals surface area contributed by atoms with Crippen molar-refractivity contribution in [3.8, 4) is 0 Å². The molecule has 2 amide bonds. The molecule has 1 saturated heterocycles. The molecule has 1 N–H and O–H groups in total. The molecule has 1 atom stereocenters. The number of hydrogen-bond donors (Lipinski definition) is 1. The number of aromatic nitrogens is 3. The van der Waals surface area contributed by atoms with E-state index in [1.807, 2.05) is 30.3 Å². The summed E-state index contributed by atoms with van der Waals surface area (Å²) in [5, 5.41) is 18.1. The van der Waals surface area contributed by atoms with Crippen molar-refractivity contribution in [3.63, 3.8) is 0 Å². The van der Waals surface area contributed by atoms with Gasteiger partial charge in [-0.25, -0.2) is 9.48 Å². The van der Waals surface area contributed by atoms with Crippen molar-refractivity contribution in [2.24, 2.45) is 0 Å².